The fourth-order valence-corrected chi connectivity index (χ4v) is 5.59. The van der Waals surface area contributed by atoms with Crippen molar-refractivity contribution in [3.8, 4) is 28.0 Å². The average Bonchev–Trinajstić information content (AvgIpc) is 3.53. The Morgan fingerprint density at radius 2 is 1.94 bits per heavy atom. The molecule has 3 aromatic heterocycles. The fourth-order valence-electron chi connectivity index (χ4n) is 3.27. The molecule has 0 radical (unpaired) electrons. The van der Waals surface area contributed by atoms with E-state index in [9.17, 15) is 18.0 Å². The molecule has 0 bridgehead atoms. The molecule has 0 amide bonds. The summed E-state index contributed by atoms with van der Waals surface area (Å²) >= 11 is 1.08. The highest BCUT2D eigenvalue weighted by Gasteiger charge is 2.26. The van der Waals surface area contributed by atoms with Crippen LogP contribution in [-0.4, -0.2) is 41.6 Å². The van der Waals surface area contributed by atoms with Gasteiger partial charge in [-0.3, -0.25) is 4.79 Å². The van der Waals surface area contributed by atoms with Crippen molar-refractivity contribution in [3.05, 3.63) is 64.2 Å². The molecule has 1 aromatic carbocycles. The lowest BCUT2D eigenvalue weighted by Crippen LogP contribution is -2.21. The Labute approximate surface area is 185 Å². The number of sulfone groups is 1. The van der Waals surface area contributed by atoms with Crippen LogP contribution in [0.1, 0.15) is 10.4 Å². The van der Waals surface area contributed by atoms with Gasteiger partial charge in [-0.05, 0) is 30.3 Å². The third kappa shape index (κ3) is 3.52. The predicted octanol–water partition coefficient (Wildman–Crippen LogP) is 2.37. The number of benzene rings is 1. The first-order chi connectivity index (χ1) is 15.3. The topological polar surface area (TPSA) is 123 Å². The van der Waals surface area contributed by atoms with Gasteiger partial charge in [-0.25, -0.2) is 13.2 Å². The molecule has 1 aliphatic rings. The number of carbonyl (C=O) groups is 1. The maximum absolute atomic E-state index is 12.7. The summed E-state index contributed by atoms with van der Waals surface area (Å²) in [4.78, 5) is 25.5. The molecule has 0 fully saturated rings. The van der Waals surface area contributed by atoms with Crippen LogP contribution in [0.3, 0.4) is 0 Å². The zero-order valence-electron chi connectivity index (χ0n) is 16.5. The van der Waals surface area contributed by atoms with E-state index in [2.05, 4.69) is 5.10 Å². The summed E-state index contributed by atoms with van der Waals surface area (Å²) in [5.74, 6) is -0.288. The van der Waals surface area contributed by atoms with Crippen molar-refractivity contribution >= 4 is 27.0 Å². The second kappa shape index (κ2) is 7.50. The van der Waals surface area contributed by atoms with Crippen LogP contribution in [0.2, 0.25) is 0 Å². The first-order valence-corrected chi connectivity index (χ1v) is 12.0. The number of Topliss-reactive ketones (excluding diaryl/α,β-unsaturated/α-hetero) is 1. The summed E-state index contributed by atoms with van der Waals surface area (Å²) in [6, 6.07) is 8.22. The number of nitrogens with zero attached hydrogens (tertiary/aromatic N) is 3. The van der Waals surface area contributed by atoms with Gasteiger partial charge in [0.05, 0.1) is 5.69 Å². The summed E-state index contributed by atoms with van der Waals surface area (Å²) < 4.78 is 42.8. The molecule has 0 aliphatic carbocycles. The van der Waals surface area contributed by atoms with Crippen LogP contribution in [0.4, 0.5) is 0 Å². The number of aromatic nitrogens is 3. The highest BCUT2D eigenvalue weighted by Crippen LogP contribution is 2.37. The van der Waals surface area contributed by atoms with Gasteiger partial charge in [0, 0.05) is 29.6 Å². The average molecular weight is 473 g/mol. The smallest absolute Gasteiger partial charge is 0.437 e. The zero-order chi connectivity index (χ0) is 22.5. The van der Waals surface area contributed by atoms with E-state index in [1.165, 1.54) is 5.38 Å². The van der Waals surface area contributed by atoms with E-state index in [0.717, 1.165) is 22.3 Å². The van der Waals surface area contributed by atoms with Gasteiger partial charge in [0.1, 0.15) is 16.3 Å². The highest BCUT2D eigenvalue weighted by atomic mass is 32.2. The molecule has 0 saturated heterocycles. The van der Waals surface area contributed by atoms with Gasteiger partial charge in [-0.1, -0.05) is 0 Å². The molecule has 10 nitrogen and oxygen atoms in total. The number of hydrogen-bond acceptors (Lipinski definition) is 9. The molecule has 0 saturated carbocycles. The van der Waals surface area contributed by atoms with E-state index >= 15 is 0 Å². The Morgan fingerprint density at radius 1 is 1.19 bits per heavy atom. The van der Waals surface area contributed by atoms with Crippen molar-refractivity contribution in [1.82, 2.24) is 14.3 Å². The standard InChI is InChI=1S/C20H15N3O7S2/c1-32(26,27)16-10-31-18(17(16)22-6-2-3-7-22)19-21-23(20(25)30-19)9-13(24)12-4-5-14-15(8-12)29-11-28-14/h2-8,10H,9,11H2,1H3. The molecule has 0 spiro atoms. The third-order valence-electron chi connectivity index (χ3n) is 4.78. The lowest BCUT2D eigenvalue weighted by molar-refractivity contribution is 0.0964. The molecule has 164 valence electrons. The van der Waals surface area contributed by atoms with Crippen LogP contribution in [-0.2, 0) is 16.4 Å². The highest BCUT2D eigenvalue weighted by molar-refractivity contribution is 7.91. The number of thiophene rings is 1. The zero-order valence-corrected chi connectivity index (χ0v) is 18.2. The van der Waals surface area contributed by atoms with Gasteiger partial charge in [0.15, 0.2) is 27.1 Å². The van der Waals surface area contributed by atoms with Crippen LogP contribution in [0.5, 0.6) is 11.5 Å². The SMILES string of the molecule is CS(=O)(=O)c1csc(-c2nn(CC(=O)c3ccc4c(c3)OCO4)c(=O)o2)c1-n1cccc1. The number of rotatable bonds is 6. The maximum atomic E-state index is 12.7. The minimum absolute atomic E-state index is 0.0721. The van der Waals surface area contributed by atoms with Crippen molar-refractivity contribution in [1.29, 1.82) is 0 Å². The summed E-state index contributed by atoms with van der Waals surface area (Å²) in [5.41, 5.74) is 0.659. The summed E-state index contributed by atoms with van der Waals surface area (Å²) in [5, 5.41) is 5.62. The van der Waals surface area contributed by atoms with Crippen molar-refractivity contribution < 1.29 is 27.1 Å². The van der Waals surface area contributed by atoms with Crippen LogP contribution in [0.15, 0.2) is 62.2 Å². The molecule has 0 N–H and O–H groups in total. The Balaban J connectivity index is 1.50. The van der Waals surface area contributed by atoms with E-state index in [0.29, 0.717) is 27.6 Å². The van der Waals surface area contributed by atoms with Crippen molar-refractivity contribution in [3.63, 3.8) is 0 Å². The van der Waals surface area contributed by atoms with Crippen LogP contribution in [0, 0.1) is 0 Å². The van der Waals surface area contributed by atoms with Gasteiger partial charge in [-0.15, -0.1) is 16.4 Å². The van der Waals surface area contributed by atoms with E-state index < -0.39 is 15.6 Å². The van der Waals surface area contributed by atoms with Crippen LogP contribution >= 0.6 is 11.3 Å². The minimum atomic E-state index is -3.55. The summed E-state index contributed by atoms with van der Waals surface area (Å²) in [6.45, 7) is -0.274. The molecule has 0 unspecified atom stereocenters. The lowest BCUT2D eigenvalue weighted by atomic mass is 10.1. The normalized spacial score (nSPS) is 12.9. The van der Waals surface area contributed by atoms with Gasteiger partial charge in [0.25, 0.3) is 5.89 Å². The Kier molecular flexibility index (Phi) is 4.75. The Hall–Kier alpha value is -3.64. The third-order valence-corrected chi connectivity index (χ3v) is 7.00. The second-order valence-electron chi connectivity index (χ2n) is 6.96. The van der Waals surface area contributed by atoms with E-state index in [1.54, 1.807) is 47.3 Å². The first-order valence-electron chi connectivity index (χ1n) is 9.27. The quantitative estimate of drug-likeness (QED) is 0.391. The van der Waals surface area contributed by atoms with E-state index in [-0.39, 0.29) is 29.9 Å². The molecule has 1 aliphatic heterocycles. The number of carbonyl (C=O) groups excluding carboxylic acids is 1. The fraction of sp³-hybridized carbons (Fsp3) is 0.150. The molecular formula is C20H15N3O7S2. The second-order valence-corrected chi connectivity index (χ2v) is 9.83. The van der Waals surface area contributed by atoms with Gasteiger partial charge in [-0.2, -0.15) is 4.68 Å². The van der Waals surface area contributed by atoms with Crippen molar-refractivity contribution in [2.75, 3.05) is 13.0 Å². The lowest BCUT2D eigenvalue weighted by Gasteiger charge is -2.06. The summed E-state index contributed by atoms with van der Waals surface area (Å²) in [6.07, 6.45) is 4.46. The molecule has 32 heavy (non-hydrogen) atoms. The molecule has 4 heterocycles. The Bertz CT molecular complexity index is 1490. The largest absolute Gasteiger partial charge is 0.454 e. The van der Waals surface area contributed by atoms with Crippen molar-refractivity contribution in [2.45, 2.75) is 11.4 Å². The minimum Gasteiger partial charge on any atom is -0.454 e. The molecule has 0 atom stereocenters. The first kappa shape index (κ1) is 20.3. The van der Waals surface area contributed by atoms with Gasteiger partial charge >= 0.3 is 5.76 Å². The molecular weight excluding hydrogens is 458 g/mol. The number of fused-ring (bicyclic) bond motifs is 1. The van der Waals surface area contributed by atoms with E-state index in [4.69, 9.17) is 13.9 Å². The molecule has 4 aromatic rings. The Morgan fingerprint density at radius 3 is 2.69 bits per heavy atom. The van der Waals surface area contributed by atoms with Crippen molar-refractivity contribution in [2.24, 2.45) is 0 Å². The van der Waals surface area contributed by atoms with Crippen LogP contribution in [0.25, 0.3) is 16.5 Å². The maximum Gasteiger partial charge on any atom is 0.437 e. The number of ketones is 1. The van der Waals surface area contributed by atoms with E-state index in [1.807, 2.05) is 0 Å². The van der Waals surface area contributed by atoms with Gasteiger partial charge < -0.3 is 18.5 Å². The number of hydrogen-bond donors (Lipinski definition) is 0. The molecule has 5 rings (SSSR count). The molecule has 12 heteroatoms. The predicted molar refractivity (Wildman–Crippen MR) is 113 cm³/mol. The monoisotopic (exact) mass is 473 g/mol. The van der Waals surface area contributed by atoms with Crippen LogP contribution < -0.4 is 15.2 Å². The number of ether oxygens (including phenoxy) is 2. The summed E-state index contributed by atoms with van der Waals surface area (Å²) in [7, 11) is -3.55. The van der Waals surface area contributed by atoms with Gasteiger partial charge in [0.2, 0.25) is 6.79 Å².